The summed E-state index contributed by atoms with van der Waals surface area (Å²) in [5.41, 5.74) is 4.47. The Morgan fingerprint density at radius 3 is 2.76 bits per heavy atom. The average Bonchev–Trinajstić information content (AvgIpc) is 3.39. The zero-order valence-electron chi connectivity index (χ0n) is 11.5. The first kappa shape index (κ1) is 12.2. The highest BCUT2D eigenvalue weighted by Crippen LogP contribution is 2.40. The third kappa shape index (κ3) is 2.21. The Kier molecular flexibility index (Phi) is 2.79. The molecule has 3 N–H and O–H groups in total. The quantitative estimate of drug-likeness (QED) is 0.568. The minimum Gasteiger partial charge on any atom is -0.308 e. The molecule has 0 amide bonds. The van der Waals surface area contributed by atoms with Crippen LogP contribution in [0.25, 0.3) is 22.3 Å². The maximum Gasteiger partial charge on any atom is 0.181 e. The van der Waals surface area contributed by atoms with E-state index >= 15 is 0 Å². The highest BCUT2D eigenvalue weighted by molar-refractivity contribution is 5.92. The average molecular weight is 277 g/mol. The molecule has 5 heteroatoms. The minimum atomic E-state index is 0.536. The van der Waals surface area contributed by atoms with Crippen molar-refractivity contribution in [1.29, 1.82) is 0 Å². The lowest BCUT2D eigenvalue weighted by atomic mass is 10.1. The summed E-state index contributed by atoms with van der Waals surface area (Å²) in [5, 5.41) is 2.18. The summed E-state index contributed by atoms with van der Waals surface area (Å²) >= 11 is 0. The van der Waals surface area contributed by atoms with Crippen molar-refractivity contribution in [3.63, 3.8) is 0 Å². The molecule has 5 nitrogen and oxygen atoms in total. The predicted molar refractivity (Wildman–Crippen MR) is 82.6 cm³/mol. The number of benzene rings is 1. The predicted octanol–water partition coefficient (Wildman–Crippen LogP) is 2.85. The van der Waals surface area contributed by atoms with Crippen LogP contribution in [-0.4, -0.2) is 15.0 Å². The molecule has 4 rings (SSSR count). The Bertz CT molecular complexity index is 805. The van der Waals surface area contributed by atoms with E-state index in [1.165, 1.54) is 12.8 Å². The summed E-state index contributed by atoms with van der Waals surface area (Å²) in [6.07, 6.45) is 4.16. The second-order valence-corrected chi connectivity index (χ2v) is 5.30. The van der Waals surface area contributed by atoms with Crippen molar-refractivity contribution in [1.82, 2.24) is 15.0 Å². The van der Waals surface area contributed by atoms with Crippen molar-refractivity contribution < 1.29 is 0 Å². The minimum absolute atomic E-state index is 0.536. The number of rotatable bonds is 3. The van der Waals surface area contributed by atoms with Crippen LogP contribution in [0.4, 0.5) is 5.82 Å². The lowest BCUT2D eigenvalue weighted by Gasteiger charge is -2.08. The van der Waals surface area contributed by atoms with E-state index in [0.717, 1.165) is 22.2 Å². The first-order chi connectivity index (χ1) is 10.3. The molecule has 1 aliphatic rings. The maximum atomic E-state index is 5.54. The zero-order valence-corrected chi connectivity index (χ0v) is 11.5. The Hall–Kier alpha value is -2.53. The highest BCUT2D eigenvalue weighted by atomic mass is 15.3. The second kappa shape index (κ2) is 4.79. The van der Waals surface area contributed by atoms with Crippen LogP contribution in [0.2, 0.25) is 0 Å². The Balaban J connectivity index is 1.93. The maximum absolute atomic E-state index is 5.54. The van der Waals surface area contributed by atoms with Crippen LogP contribution in [0.3, 0.4) is 0 Å². The van der Waals surface area contributed by atoms with Crippen molar-refractivity contribution in [2.45, 2.75) is 18.8 Å². The number of nitrogens with zero attached hydrogens (tertiary/aromatic N) is 3. The largest absolute Gasteiger partial charge is 0.308 e. The van der Waals surface area contributed by atoms with Crippen LogP contribution in [0.15, 0.2) is 42.6 Å². The lowest BCUT2D eigenvalue weighted by Crippen LogP contribution is -2.10. The Morgan fingerprint density at radius 1 is 1.10 bits per heavy atom. The molecule has 3 aromatic rings. The van der Waals surface area contributed by atoms with Gasteiger partial charge in [0.15, 0.2) is 5.82 Å². The SMILES string of the molecule is NNc1cc(C2CC2)nc(-c2nccc3ccccc23)n1. The standard InChI is InChI=1S/C16H15N5/c17-21-14-9-13(11-5-6-11)19-16(20-14)15-12-4-2-1-3-10(12)7-8-18-15/h1-4,7-9,11H,5-6,17H2,(H,19,20,21). The summed E-state index contributed by atoms with van der Waals surface area (Å²) in [6.45, 7) is 0. The number of anilines is 1. The number of hydrazine groups is 1. The van der Waals surface area contributed by atoms with Gasteiger partial charge in [0.05, 0.1) is 0 Å². The molecule has 1 aliphatic carbocycles. The number of hydrogen-bond acceptors (Lipinski definition) is 5. The van der Waals surface area contributed by atoms with Gasteiger partial charge in [0.25, 0.3) is 0 Å². The van der Waals surface area contributed by atoms with E-state index in [1.807, 2.05) is 30.3 Å². The van der Waals surface area contributed by atoms with Crippen molar-refractivity contribution in [2.75, 3.05) is 5.43 Å². The Labute approximate surface area is 122 Å². The van der Waals surface area contributed by atoms with Gasteiger partial charge in [-0.05, 0) is 24.3 Å². The molecular weight excluding hydrogens is 262 g/mol. The van der Waals surface area contributed by atoms with E-state index in [-0.39, 0.29) is 0 Å². The van der Waals surface area contributed by atoms with Crippen LogP contribution in [-0.2, 0) is 0 Å². The molecule has 0 bridgehead atoms. The van der Waals surface area contributed by atoms with Gasteiger partial charge in [0.2, 0.25) is 0 Å². The smallest absolute Gasteiger partial charge is 0.181 e. The summed E-state index contributed by atoms with van der Waals surface area (Å²) in [4.78, 5) is 13.6. The molecule has 0 aliphatic heterocycles. The third-order valence-corrected chi connectivity index (χ3v) is 3.77. The van der Waals surface area contributed by atoms with Crippen LogP contribution in [0.1, 0.15) is 24.5 Å². The van der Waals surface area contributed by atoms with Crippen LogP contribution < -0.4 is 11.3 Å². The molecule has 0 unspecified atom stereocenters. The molecule has 0 saturated heterocycles. The van der Waals surface area contributed by atoms with Crippen molar-refractivity contribution in [3.05, 3.63) is 48.3 Å². The number of nitrogen functional groups attached to an aromatic ring is 1. The lowest BCUT2D eigenvalue weighted by molar-refractivity contribution is 0.986. The number of aromatic nitrogens is 3. The van der Waals surface area contributed by atoms with Gasteiger partial charge in [-0.1, -0.05) is 24.3 Å². The van der Waals surface area contributed by atoms with Crippen molar-refractivity contribution >= 4 is 16.6 Å². The first-order valence-electron chi connectivity index (χ1n) is 7.05. The highest BCUT2D eigenvalue weighted by Gasteiger charge is 2.26. The van der Waals surface area contributed by atoms with Crippen LogP contribution >= 0.6 is 0 Å². The fourth-order valence-electron chi connectivity index (χ4n) is 2.53. The zero-order chi connectivity index (χ0) is 14.2. The monoisotopic (exact) mass is 277 g/mol. The number of pyridine rings is 1. The van der Waals surface area contributed by atoms with Gasteiger partial charge in [-0.15, -0.1) is 0 Å². The van der Waals surface area contributed by atoms with E-state index in [4.69, 9.17) is 10.8 Å². The second-order valence-electron chi connectivity index (χ2n) is 5.30. The van der Waals surface area contributed by atoms with E-state index in [1.54, 1.807) is 6.20 Å². The molecule has 1 saturated carbocycles. The summed E-state index contributed by atoms with van der Waals surface area (Å²) in [6, 6.07) is 12.0. The topological polar surface area (TPSA) is 76.7 Å². The molecule has 0 atom stereocenters. The molecule has 1 aromatic carbocycles. The number of fused-ring (bicyclic) bond motifs is 1. The third-order valence-electron chi connectivity index (χ3n) is 3.77. The van der Waals surface area contributed by atoms with Gasteiger partial charge in [-0.2, -0.15) is 0 Å². The molecule has 1 fully saturated rings. The summed E-state index contributed by atoms with van der Waals surface area (Å²) in [7, 11) is 0. The Morgan fingerprint density at radius 2 is 1.95 bits per heavy atom. The summed E-state index contributed by atoms with van der Waals surface area (Å²) < 4.78 is 0. The fourth-order valence-corrected chi connectivity index (χ4v) is 2.53. The van der Waals surface area contributed by atoms with Gasteiger partial charge in [0, 0.05) is 29.3 Å². The van der Waals surface area contributed by atoms with Gasteiger partial charge in [0.1, 0.15) is 11.5 Å². The first-order valence-corrected chi connectivity index (χ1v) is 7.05. The van der Waals surface area contributed by atoms with Crippen LogP contribution in [0, 0.1) is 0 Å². The molecular formula is C16H15N5. The van der Waals surface area contributed by atoms with Gasteiger partial charge >= 0.3 is 0 Å². The molecule has 104 valence electrons. The molecule has 2 heterocycles. The van der Waals surface area contributed by atoms with Crippen LogP contribution in [0.5, 0.6) is 0 Å². The van der Waals surface area contributed by atoms with E-state index in [9.17, 15) is 0 Å². The molecule has 0 radical (unpaired) electrons. The number of hydrogen-bond donors (Lipinski definition) is 2. The molecule has 2 aromatic heterocycles. The number of nitrogens with two attached hydrogens (primary N) is 1. The molecule has 0 spiro atoms. The number of nitrogens with one attached hydrogen (secondary N) is 1. The fraction of sp³-hybridized carbons (Fsp3) is 0.188. The van der Waals surface area contributed by atoms with Gasteiger partial charge in [-0.3, -0.25) is 4.98 Å². The van der Waals surface area contributed by atoms with E-state index in [0.29, 0.717) is 17.6 Å². The molecule has 21 heavy (non-hydrogen) atoms. The van der Waals surface area contributed by atoms with E-state index < -0.39 is 0 Å². The van der Waals surface area contributed by atoms with Crippen molar-refractivity contribution in [3.8, 4) is 11.5 Å². The summed E-state index contributed by atoms with van der Waals surface area (Å²) in [5.74, 6) is 7.34. The van der Waals surface area contributed by atoms with Gasteiger partial charge in [-0.25, -0.2) is 15.8 Å². The normalized spacial score (nSPS) is 14.3. The van der Waals surface area contributed by atoms with Crippen molar-refractivity contribution in [2.24, 2.45) is 5.84 Å². The van der Waals surface area contributed by atoms with E-state index in [2.05, 4.69) is 21.5 Å². The van der Waals surface area contributed by atoms with Gasteiger partial charge < -0.3 is 5.43 Å².